The van der Waals surface area contributed by atoms with E-state index in [9.17, 15) is 4.79 Å². The van der Waals surface area contributed by atoms with Crippen LogP contribution in [0.5, 0.6) is 0 Å². The Labute approximate surface area is 154 Å². The third-order valence-electron chi connectivity index (χ3n) is 4.51. The van der Waals surface area contributed by atoms with Crippen LogP contribution in [0.15, 0.2) is 24.7 Å². The zero-order chi connectivity index (χ0) is 18.5. The number of rotatable bonds is 4. The van der Waals surface area contributed by atoms with Crippen LogP contribution in [0.3, 0.4) is 0 Å². The summed E-state index contributed by atoms with van der Waals surface area (Å²) in [5, 5.41) is 0. The SMILES string of the molecule is Cc1cnc(C(=O)N2CCCN(Cc3ccnc(C(C)C)n3)CC2)cn1. The molecule has 3 rings (SSSR count). The Morgan fingerprint density at radius 2 is 1.96 bits per heavy atom. The highest BCUT2D eigenvalue weighted by atomic mass is 16.2. The lowest BCUT2D eigenvalue weighted by Crippen LogP contribution is -2.35. The molecule has 0 atom stereocenters. The normalized spacial score (nSPS) is 15.9. The van der Waals surface area contributed by atoms with E-state index < -0.39 is 0 Å². The minimum absolute atomic E-state index is 0.0384. The Balaban J connectivity index is 1.60. The van der Waals surface area contributed by atoms with Gasteiger partial charge in [0.1, 0.15) is 11.5 Å². The maximum absolute atomic E-state index is 12.6. The van der Waals surface area contributed by atoms with Crippen LogP contribution in [-0.4, -0.2) is 61.8 Å². The van der Waals surface area contributed by atoms with Gasteiger partial charge in [-0.25, -0.2) is 15.0 Å². The molecular weight excluding hydrogens is 328 g/mol. The maximum atomic E-state index is 12.6. The van der Waals surface area contributed by atoms with E-state index in [-0.39, 0.29) is 5.91 Å². The van der Waals surface area contributed by atoms with Gasteiger partial charge in [-0.2, -0.15) is 0 Å². The molecular formula is C19H26N6O. The molecule has 0 unspecified atom stereocenters. The molecule has 1 aliphatic rings. The topological polar surface area (TPSA) is 75.1 Å². The zero-order valence-electron chi connectivity index (χ0n) is 15.7. The molecule has 0 saturated carbocycles. The van der Waals surface area contributed by atoms with Gasteiger partial charge < -0.3 is 4.90 Å². The molecule has 0 spiro atoms. The first kappa shape index (κ1) is 18.4. The Kier molecular flexibility index (Phi) is 5.88. The summed E-state index contributed by atoms with van der Waals surface area (Å²) in [6.07, 6.45) is 5.97. The summed E-state index contributed by atoms with van der Waals surface area (Å²) < 4.78 is 0. The van der Waals surface area contributed by atoms with Gasteiger partial charge in [-0.05, 0) is 19.4 Å². The largest absolute Gasteiger partial charge is 0.336 e. The van der Waals surface area contributed by atoms with Gasteiger partial charge in [0.2, 0.25) is 0 Å². The quantitative estimate of drug-likeness (QED) is 0.836. The van der Waals surface area contributed by atoms with Crippen molar-refractivity contribution in [3.05, 3.63) is 47.6 Å². The average Bonchev–Trinajstić information content (AvgIpc) is 2.87. The molecule has 1 saturated heterocycles. The molecule has 0 bridgehead atoms. The van der Waals surface area contributed by atoms with Crippen LogP contribution in [0.2, 0.25) is 0 Å². The zero-order valence-corrected chi connectivity index (χ0v) is 15.7. The van der Waals surface area contributed by atoms with E-state index in [2.05, 4.69) is 38.7 Å². The molecule has 0 aromatic carbocycles. The van der Waals surface area contributed by atoms with Gasteiger partial charge in [-0.15, -0.1) is 0 Å². The molecule has 26 heavy (non-hydrogen) atoms. The Morgan fingerprint density at radius 1 is 1.12 bits per heavy atom. The van der Waals surface area contributed by atoms with E-state index >= 15 is 0 Å². The molecule has 2 aromatic heterocycles. The molecule has 1 fully saturated rings. The first-order valence-corrected chi connectivity index (χ1v) is 9.15. The van der Waals surface area contributed by atoms with Crippen LogP contribution in [0.1, 0.15) is 53.9 Å². The molecule has 7 heteroatoms. The number of hydrogen-bond donors (Lipinski definition) is 0. The van der Waals surface area contributed by atoms with Crippen molar-refractivity contribution in [2.45, 2.75) is 39.7 Å². The van der Waals surface area contributed by atoms with E-state index in [1.807, 2.05) is 24.1 Å². The number of aromatic nitrogens is 4. The van der Waals surface area contributed by atoms with Crippen LogP contribution in [0, 0.1) is 6.92 Å². The first-order valence-electron chi connectivity index (χ1n) is 9.15. The Bertz CT molecular complexity index is 746. The highest BCUT2D eigenvalue weighted by molar-refractivity contribution is 5.92. The lowest BCUT2D eigenvalue weighted by atomic mass is 10.2. The summed E-state index contributed by atoms with van der Waals surface area (Å²) >= 11 is 0. The van der Waals surface area contributed by atoms with E-state index in [0.717, 1.165) is 49.8 Å². The van der Waals surface area contributed by atoms with Gasteiger partial charge in [0.25, 0.3) is 5.91 Å². The lowest BCUT2D eigenvalue weighted by Gasteiger charge is -2.21. The van der Waals surface area contributed by atoms with Crippen molar-refractivity contribution in [1.82, 2.24) is 29.7 Å². The van der Waals surface area contributed by atoms with Crippen LogP contribution >= 0.6 is 0 Å². The number of amides is 1. The van der Waals surface area contributed by atoms with Crippen molar-refractivity contribution in [2.24, 2.45) is 0 Å². The number of aryl methyl sites for hydroxylation is 1. The highest BCUT2D eigenvalue weighted by Gasteiger charge is 2.21. The van der Waals surface area contributed by atoms with Crippen LogP contribution in [0.4, 0.5) is 0 Å². The fourth-order valence-electron chi connectivity index (χ4n) is 3.01. The molecule has 7 nitrogen and oxygen atoms in total. The van der Waals surface area contributed by atoms with Gasteiger partial charge in [0.05, 0.1) is 17.6 Å². The predicted molar refractivity (Wildman–Crippen MR) is 98.7 cm³/mol. The molecule has 2 aromatic rings. The summed E-state index contributed by atoms with van der Waals surface area (Å²) in [6.45, 7) is 10.1. The average molecular weight is 354 g/mol. The number of nitrogens with zero attached hydrogens (tertiary/aromatic N) is 6. The Morgan fingerprint density at radius 3 is 2.69 bits per heavy atom. The van der Waals surface area contributed by atoms with Crippen molar-refractivity contribution in [1.29, 1.82) is 0 Å². The molecule has 0 radical (unpaired) electrons. The van der Waals surface area contributed by atoms with E-state index in [1.54, 1.807) is 12.4 Å². The minimum Gasteiger partial charge on any atom is -0.336 e. The van der Waals surface area contributed by atoms with Crippen LogP contribution in [0.25, 0.3) is 0 Å². The highest BCUT2D eigenvalue weighted by Crippen LogP contribution is 2.12. The van der Waals surface area contributed by atoms with Crippen molar-refractivity contribution < 1.29 is 4.79 Å². The molecule has 1 aliphatic heterocycles. The van der Waals surface area contributed by atoms with Gasteiger partial charge in [-0.3, -0.25) is 14.7 Å². The lowest BCUT2D eigenvalue weighted by molar-refractivity contribution is 0.0754. The second-order valence-electron chi connectivity index (χ2n) is 7.03. The second-order valence-corrected chi connectivity index (χ2v) is 7.03. The molecule has 138 valence electrons. The van der Waals surface area contributed by atoms with Gasteiger partial charge >= 0.3 is 0 Å². The van der Waals surface area contributed by atoms with Crippen molar-refractivity contribution in [3.8, 4) is 0 Å². The van der Waals surface area contributed by atoms with E-state index in [0.29, 0.717) is 18.2 Å². The van der Waals surface area contributed by atoms with Crippen molar-refractivity contribution in [2.75, 3.05) is 26.2 Å². The summed E-state index contributed by atoms with van der Waals surface area (Å²) in [5.74, 6) is 1.17. The third-order valence-corrected chi connectivity index (χ3v) is 4.51. The predicted octanol–water partition coefficient (Wildman–Crippen LogP) is 2.05. The van der Waals surface area contributed by atoms with Crippen molar-refractivity contribution >= 4 is 5.91 Å². The molecule has 0 N–H and O–H groups in total. The molecule has 3 heterocycles. The van der Waals surface area contributed by atoms with E-state index in [1.165, 1.54) is 0 Å². The third kappa shape index (κ3) is 4.60. The second kappa shape index (κ2) is 8.31. The maximum Gasteiger partial charge on any atom is 0.274 e. The summed E-state index contributed by atoms with van der Waals surface area (Å²) in [6, 6.07) is 1.97. The fourth-order valence-corrected chi connectivity index (χ4v) is 3.01. The number of carbonyl (C=O) groups is 1. The standard InChI is InChI=1S/C19H26N6O/c1-14(2)18-20-6-5-16(23-18)13-24-7-4-8-25(10-9-24)19(26)17-12-21-15(3)11-22-17/h5-6,11-12,14H,4,7-10,13H2,1-3H3. The van der Waals surface area contributed by atoms with Crippen LogP contribution < -0.4 is 0 Å². The summed E-state index contributed by atoms with van der Waals surface area (Å²) in [5.41, 5.74) is 2.27. The number of carbonyl (C=O) groups excluding carboxylic acids is 1. The van der Waals surface area contributed by atoms with Crippen molar-refractivity contribution in [3.63, 3.8) is 0 Å². The summed E-state index contributed by atoms with van der Waals surface area (Å²) in [4.78, 5) is 34.2. The fraction of sp³-hybridized carbons (Fsp3) is 0.526. The van der Waals surface area contributed by atoms with Gasteiger partial charge in [0.15, 0.2) is 0 Å². The monoisotopic (exact) mass is 354 g/mol. The summed E-state index contributed by atoms with van der Waals surface area (Å²) in [7, 11) is 0. The van der Waals surface area contributed by atoms with Gasteiger partial charge in [-0.1, -0.05) is 13.8 Å². The first-order chi connectivity index (χ1) is 12.5. The smallest absolute Gasteiger partial charge is 0.274 e. The minimum atomic E-state index is -0.0384. The Hall–Kier alpha value is -2.41. The number of hydrogen-bond acceptors (Lipinski definition) is 6. The molecule has 0 aliphatic carbocycles. The molecule has 1 amide bonds. The van der Waals surface area contributed by atoms with E-state index in [4.69, 9.17) is 0 Å². The van der Waals surface area contributed by atoms with Crippen LogP contribution in [-0.2, 0) is 6.54 Å². The van der Waals surface area contributed by atoms with Gasteiger partial charge in [0, 0.05) is 51.0 Å².